The maximum absolute atomic E-state index is 13.5. The Hall–Kier alpha value is -1.94. The van der Waals surface area contributed by atoms with Crippen LogP contribution in [0, 0.1) is 19.7 Å². The quantitative estimate of drug-likeness (QED) is 0.881. The van der Waals surface area contributed by atoms with Crippen LogP contribution in [0.25, 0.3) is 0 Å². The van der Waals surface area contributed by atoms with Gasteiger partial charge in [-0.05, 0) is 42.7 Å². The Kier molecular flexibility index (Phi) is 4.35. The van der Waals surface area contributed by atoms with Crippen LogP contribution in [-0.2, 0) is 6.54 Å². The lowest BCUT2D eigenvalue weighted by molar-refractivity contribution is 0.0951. The minimum Gasteiger partial charge on any atom is -0.348 e. The molecule has 0 fully saturated rings. The first-order valence-corrected chi connectivity index (χ1v) is 6.50. The van der Waals surface area contributed by atoms with Gasteiger partial charge >= 0.3 is 0 Å². The van der Waals surface area contributed by atoms with Crippen molar-refractivity contribution < 1.29 is 9.18 Å². The summed E-state index contributed by atoms with van der Waals surface area (Å²) in [6.07, 6.45) is 1.48. The van der Waals surface area contributed by atoms with E-state index in [-0.39, 0.29) is 16.9 Å². The van der Waals surface area contributed by atoms with Gasteiger partial charge < -0.3 is 5.32 Å². The van der Waals surface area contributed by atoms with E-state index >= 15 is 0 Å². The summed E-state index contributed by atoms with van der Waals surface area (Å²) in [7, 11) is 0. The molecule has 1 aromatic heterocycles. The molecule has 0 saturated heterocycles. The molecule has 0 spiro atoms. The molecule has 2 aromatic rings. The second-order valence-corrected chi connectivity index (χ2v) is 4.98. The third-order valence-electron chi connectivity index (χ3n) is 2.94. The molecule has 3 nitrogen and oxygen atoms in total. The summed E-state index contributed by atoms with van der Waals surface area (Å²) in [6, 6.07) is 6.53. The summed E-state index contributed by atoms with van der Waals surface area (Å²) in [6.45, 7) is 3.74. The van der Waals surface area contributed by atoms with E-state index in [4.69, 9.17) is 11.6 Å². The van der Waals surface area contributed by atoms with Crippen LogP contribution in [0.3, 0.4) is 0 Å². The molecule has 0 radical (unpaired) electrons. The highest BCUT2D eigenvalue weighted by Crippen LogP contribution is 2.15. The van der Waals surface area contributed by atoms with Crippen LogP contribution in [0.2, 0.25) is 5.15 Å². The van der Waals surface area contributed by atoms with Gasteiger partial charge in [-0.3, -0.25) is 4.79 Å². The molecule has 0 unspecified atom stereocenters. The van der Waals surface area contributed by atoms with E-state index in [0.29, 0.717) is 23.2 Å². The van der Waals surface area contributed by atoms with Crippen LogP contribution in [0.1, 0.15) is 27.0 Å². The zero-order chi connectivity index (χ0) is 14.7. The number of pyridine rings is 1. The van der Waals surface area contributed by atoms with Crippen LogP contribution in [0.15, 0.2) is 30.5 Å². The zero-order valence-corrected chi connectivity index (χ0v) is 12.0. The van der Waals surface area contributed by atoms with Crippen molar-refractivity contribution in [3.05, 3.63) is 63.7 Å². The Morgan fingerprint density at radius 2 is 1.95 bits per heavy atom. The van der Waals surface area contributed by atoms with Gasteiger partial charge in [-0.25, -0.2) is 9.37 Å². The fourth-order valence-electron chi connectivity index (χ4n) is 1.97. The molecule has 1 aromatic carbocycles. The van der Waals surface area contributed by atoms with Gasteiger partial charge in [0.05, 0.1) is 0 Å². The Bertz CT molecular complexity index is 635. The van der Waals surface area contributed by atoms with Crippen molar-refractivity contribution in [2.24, 2.45) is 0 Å². The van der Waals surface area contributed by atoms with Crippen molar-refractivity contribution in [2.45, 2.75) is 20.4 Å². The van der Waals surface area contributed by atoms with Crippen LogP contribution in [-0.4, -0.2) is 10.9 Å². The normalized spacial score (nSPS) is 10.4. The number of nitrogens with one attached hydrogen (secondary N) is 1. The molecule has 2 rings (SSSR count). The monoisotopic (exact) mass is 292 g/mol. The second kappa shape index (κ2) is 6.01. The van der Waals surface area contributed by atoms with Crippen molar-refractivity contribution >= 4 is 17.5 Å². The van der Waals surface area contributed by atoms with Crippen LogP contribution in [0.5, 0.6) is 0 Å². The molecule has 1 N–H and O–H groups in total. The Labute approximate surface area is 121 Å². The Morgan fingerprint density at radius 1 is 1.30 bits per heavy atom. The molecule has 0 bridgehead atoms. The van der Waals surface area contributed by atoms with E-state index < -0.39 is 0 Å². The van der Waals surface area contributed by atoms with Crippen LogP contribution >= 0.6 is 11.6 Å². The molecule has 20 heavy (non-hydrogen) atoms. The fraction of sp³-hybridized carbons (Fsp3) is 0.200. The topological polar surface area (TPSA) is 42.0 Å². The van der Waals surface area contributed by atoms with Gasteiger partial charge in [-0.15, -0.1) is 0 Å². The zero-order valence-electron chi connectivity index (χ0n) is 11.2. The van der Waals surface area contributed by atoms with Gasteiger partial charge in [0, 0.05) is 18.3 Å². The van der Waals surface area contributed by atoms with Crippen LogP contribution < -0.4 is 5.32 Å². The molecule has 0 saturated carbocycles. The lowest BCUT2D eigenvalue weighted by Crippen LogP contribution is -2.23. The molecule has 104 valence electrons. The minimum absolute atomic E-state index is 0.207. The Morgan fingerprint density at radius 3 is 2.55 bits per heavy atom. The summed E-state index contributed by atoms with van der Waals surface area (Å²) in [5, 5.41) is 3.04. The first-order chi connectivity index (χ1) is 9.47. The number of aromatic nitrogens is 1. The molecule has 0 aliphatic carbocycles. The lowest BCUT2D eigenvalue weighted by atomic mass is 10.1. The first-order valence-electron chi connectivity index (χ1n) is 6.13. The summed E-state index contributed by atoms with van der Waals surface area (Å²) >= 11 is 5.73. The SMILES string of the molecule is Cc1cc(CNC(=O)c2ccnc(Cl)c2)cc(C)c1F. The highest BCUT2D eigenvalue weighted by atomic mass is 35.5. The van der Waals surface area contributed by atoms with E-state index in [2.05, 4.69) is 10.3 Å². The average molecular weight is 293 g/mol. The molecular formula is C15H14ClFN2O. The van der Waals surface area contributed by atoms with E-state index in [1.165, 1.54) is 12.3 Å². The van der Waals surface area contributed by atoms with Crippen molar-refractivity contribution in [2.75, 3.05) is 0 Å². The van der Waals surface area contributed by atoms with Crippen LogP contribution in [0.4, 0.5) is 4.39 Å². The molecule has 0 atom stereocenters. The van der Waals surface area contributed by atoms with Gasteiger partial charge in [-0.1, -0.05) is 23.7 Å². The third-order valence-corrected chi connectivity index (χ3v) is 3.14. The predicted octanol–water partition coefficient (Wildman–Crippen LogP) is 3.42. The molecule has 1 heterocycles. The number of amides is 1. The van der Waals surface area contributed by atoms with Gasteiger partial charge in [0.2, 0.25) is 0 Å². The molecule has 1 amide bonds. The number of carbonyl (C=O) groups excluding carboxylic acids is 1. The number of nitrogens with zero attached hydrogens (tertiary/aromatic N) is 1. The molecule has 0 aliphatic heterocycles. The van der Waals surface area contributed by atoms with Crippen molar-refractivity contribution in [1.29, 1.82) is 0 Å². The second-order valence-electron chi connectivity index (χ2n) is 4.59. The maximum atomic E-state index is 13.5. The molecular weight excluding hydrogens is 279 g/mol. The number of carbonyl (C=O) groups is 1. The van der Waals surface area contributed by atoms with E-state index in [9.17, 15) is 9.18 Å². The molecule has 5 heteroatoms. The van der Waals surface area contributed by atoms with E-state index in [1.807, 2.05) is 0 Å². The summed E-state index contributed by atoms with van der Waals surface area (Å²) < 4.78 is 13.5. The lowest BCUT2D eigenvalue weighted by Gasteiger charge is -2.08. The van der Waals surface area contributed by atoms with Crippen molar-refractivity contribution in [1.82, 2.24) is 10.3 Å². The van der Waals surface area contributed by atoms with E-state index in [1.54, 1.807) is 32.0 Å². The summed E-state index contributed by atoms with van der Waals surface area (Å²) in [5.41, 5.74) is 2.44. The smallest absolute Gasteiger partial charge is 0.251 e. The number of halogens is 2. The highest BCUT2D eigenvalue weighted by molar-refractivity contribution is 6.29. The summed E-state index contributed by atoms with van der Waals surface area (Å²) in [5.74, 6) is -0.449. The van der Waals surface area contributed by atoms with Gasteiger partial charge in [0.15, 0.2) is 0 Å². The van der Waals surface area contributed by atoms with E-state index in [0.717, 1.165) is 5.56 Å². The van der Waals surface area contributed by atoms with Crippen molar-refractivity contribution in [3.63, 3.8) is 0 Å². The Balaban J connectivity index is 2.07. The number of benzene rings is 1. The maximum Gasteiger partial charge on any atom is 0.251 e. The fourth-order valence-corrected chi connectivity index (χ4v) is 2.14. The standard InChI is InChI=1S/C15H14ClFN2O/c1-9-5-11(6-10(2)14(9)17)8-19-15(20)12-3-4-18-13(16)7-12/h3-7H,8H2,1-2H3,(H,19,20). The number of rotatable bonds is 3. The molecule has 0 aliphatic rings. The summed E-state index contributed by atoms with van der Waals surface area (Å²) in [4.78, 5) is 15.8. The first kappa shape index (κ1) is 14.5. The predicted molar refractivity (Wildman–Crippen MR) is 76.3 cm³/mol. The number of aryl methyl sites for hydroxylation is 2. The van der Waals surface area contributed by atoms with Gasteiger partial charge in [-0.2, -0.15) is 0 Å². The average Bonchev–Trinajstić information content (AvgIpc) is 2.42. The van der Waals surface area contributed by atoms with Gasteiger partial charge in [0.25, 0.3) is 5.91 Å². The largest absolute Gasteiger partial charge is 0.348 e. The minimum atomic E-state index is -0.242. The van der Waals surface area contributed by atoms with Gasteiger partial charge in [0.1, 0.15) is 11.0 Å². The highest BCUT2D eigenvalue weighted by Gasteiger charge is 2.08. The van der Waals surface area contributed by atoms with Crippen molar-refractivity contribution in [3.8, 4) is 0 Å². The third kappa shape index (κ3) is 3.33. The number of hydrogen-bond donors (Lipinski definition) is 1. The number of hydrogen-bond acceptors (Lipinski definition) is 2.